The summed E-state index contributed by atoms with van der Waals surface area (Å²) in [6.07, 6.45) is 0. The molecule has 1 fully saturated rings. The summed E-state index contributed by atoms with van der Waals surface area (Å²) in [5.41, 5.74) is 0.205. The smallest absolute Gasteiger partial charge is 0.238 e. The second-order valence-electron chi connectivity index (χ2n) is 6.15. The molecule has 1 N–H and O–H groups in total. The Morgan fingerprint density at radius 2 is 1.60 bits per heavy atom. The van der Waals surface area contributed by atoms with Crippen molar-refractivity contribution in [2.24, 2.45) is 0 Å². The molecule has 1 aromatic rings. The van der Waals surface area contributed by atoms with Crippen molar-refractivity contribution in [3.63, 3.8) is 0 Å². The molecule has 138 valence electrons. The number of halogens is 1. The molecule has 0 atom stereocenters. The van der Waals surface area contributed by atoms with Crippen LogP contribution in [0.5, 0.6) is 0 Å². The van der Waals surface area contributed by atoms with E-state index in [1.54, 1.807) is 18.2 Å². The molecule has 1 aliphatic rings. The maximum atomic E-state index is 13.6. The first kappa shape index (κ1) is 19.3. The predicted octanol–water partition coefficient (Wildman–Crippen LogP) is 1.25. The number of rotatable bonds is 7. The van der Waals surface area contributed by atoms with Gasteiger partial charge < -0.3 is 10.2 Å². The number of nitrogens with one attached hydrogen (secondary N) is 1. The van der Waals surface area contributed by atoms with Crippen molar-refractivity contribution in [1.29, 1.82) is 0 Å². The molecule has 1 aliphatic heterocycles. The highest BCUT2D eigenvalue weighted by atomic mass is 19.1. The lowest BCUT2D eigenvalue weighted by molar-refractivity contribution is -0.132. The Hall–Kier alpha value is -1.99. The second kappa shape index (κ2) is 9.48. The van der Waals surface area contributed by atoms with Crippen LogP contribution in [0, 0.1) is 5.82 Å². The first-order valence-corrected chi connectivity index (χ1v) is 8.80. The quantitative estimate of drug-likeness (QED) is 0.804. The van der Waals surface area contributed by atoms with E-state index in [0.29, 0.717) is 6.54 Å². The molecule has 25 heavy (non-hydrogen) atoms. The van der Waals surface area contributed by atoms with Crippen LogP contribution in [0.3, 0.4) is 0 Å². The van der Waals surface area contributed by atoms with Gasteiger partial charge in [0.05, 0.1) is 18.8 Å². The standard InChI is InChI=1S/C18H27FN4O2/c1-3-23(4-2)18(25)14-22-11-9-21(10-12-22)13-17(24)20-16-8-6-5-7-15(16)19/h5-8H,3-4,9-14H2,1-2H3,(H,20,24). The van der Waals surface area contributed by atoms with Crippen LogP contribution in [0.15, 0.2) is 24.3 Å². The first-order valence-electron chi connectivity index (χ1n) is 8.80. The molecule has 0 aliphatic carbocycles. The van der Waals surface area contributed by atoms with Crippen LogP contribution >= 0.6 is 0 Å². The fourth-order valence-corrected chi connectivity index (χ4v) is 2.93. The van der Waals surface area contributed by atoms with Gasteiger partial charge in [-0.05, 0) is 26.0 Å². The summed E-state index contributed by atoms with van der Waals surface area (Å²) in [6.45, 7) is 9.01. The van der Waals surface area contributed by atoms with E-state index in [1.807, 2.05) is 23.6 Å². The average Bonchev–Trinajstić information content (AvgIpc) is 2.60. The zero-order valence-electron chi connectivity index (χ0n) is 15.0. The molecule has 0 spiro atoms. The van der Waals surface area contributed by atoms with Gasteiger partial charge in [-0.3, -0.25) is 19.4 Å². The summed E-state index contributed by atoms with van der Waals surface area (Å²) >= 11 is 0. The highest BCUT2D eigenvalue weighted by Crippen LogP contribution is 2.12. The van der Waals surface area contributed by atoms with Crippen LogP contribution in [0.25, 0.3) is 0 Å². The molecular weight excluding hydrogens is 323 g/mol. The fourth-order valence-electron chi connectivity index (χ4n) is 2.93. The van der Waals surface area contributed by atoms with Gasteiger partial charge in [-0.15, -0.1) is 0 Å². The lowest BCUT2D eigenvalue weighted by Gasteiger charge is -2.34. The Morgan fingerprint density at radius 1 is 1.04 bits per heavy atom. The number of carbonyl (C=O) groups is 2. The van der Waals surface area contributed by atoms with Gasteiger partial charge in [0.1, 0.15) is 5.82 Å². The number of para-hydroxylation sites is 1. The highest BCUT2D eigenvalue weighted by Gasteiger charge is 2.22. The average molecular weight is 350 g/mol. The van der Waals surface area contributed by atoms with E-state index < -0.39 is 5.82 Å². The number of amides is 2. The number of hydrogen-bond donors (Lipinski definition) is 1. The summed E-state index contributed by atoms with van der Waals surface area (Å²) in [5, 5.41) is 2.60. The largest absolute Gasteiger partial charge is 0.342 e. The van der Waals surface area contributed by atoms with Crippen LogP contribution in [0.2, 0.25) is 0 Å². The third kappa shape index (κ3) is 5.79. The molecule has 0 unspecified atom stereocenters. The number of likely N-dealkylation sites (N-methyl/N-ethyl adjacent to an activating group) is 1. The van der Waals surface area contributed by atoms with E-state index in [2.05, 4.69) is 10.2 Å². The molecule has 1 aromatic carbocycles. The van der Waals surface area contributed by atoms with Crippen molar-refractivity contribution in [3.05, 3.63) is 30.1 Å². The topological polar surface area (TPSA) is 55.9 Å². The summed E-state index contributed by atoms with van der Waals surface area (Å²) in [7, 11) is 0. The molecule has 2 amide bonds. The van der Waals surface area contributed by atoms with E-state index in [0.717, 1.165) is 39.3 Å². The molecule has 1 heterocycles. The van der Waals surface area contributed by atoms with E-state index >= 15 is 0 Å². The lowest BCUT2D eigenvalue weighted by atomic mass is 10.2. The molecule has 2 rings (SSSR count). The van der Waals surface area contributed by atoms with Gasteiger partial charge in [-0.2, -0.15) is 0 Å². The first-order chi connectivity index (χ1) is 12.0. The van der Waals surface area contributed by atoms with E-state index in [9.17, 15) is 14.0 Å². The molecule has 0 saturated carbocycles. The van der Waals surface area contributed by atoms with E-state index in [-0.39, 0.29) is 24.0 Å². The van der Waals surface area contributed by atoms with Crippen molar-refractivity contribution in [1.82, 2.24) is 14.7 Å². The van der Waals surface area contributed by atoms with Gasteiger partial charge in [-0.25, -0.2) is 4.39 Å². The summed E-state index contributed by atoms with van der Waals surface area (Å²) in [5.74, 6) is -0.510. The fraction of sp³-hybridized carbons (Fsp3) is 0.556. The second-order valence-corrected chi connectivity index (χ2v) is 6.15. The molecule has 0 radical (unpaired) electrons. The van der Waals surface area contributed by atoms with Gasteiger partial charge in [0.25, 0.3) is 0 Å². The number of carbonyl (C=O) groups excluding carboxylic acids is 2. The van der Waals surface area contributed by atoms with Gasteiger partial charge >= 0.3 is 0 Å². The van der Waals surface area contributed by atoms with Gasteiger partial charge in [0.2, 0.25) is 11.8 Å². The van der Waals surface area contributed by atoms with Gasteiger partial charge in [0.15, 0.2) is 0 Å². The van der Waals surface area contributed by atoms with Crippen LogP contribution in [0.4, 0.5) is 10.1 Å². The Kier molecular flexibility index (Phi) is 7.33. The normalized spacial score (nSPS) is 15.8. The monoisotopic (exact) mass is 350 g/mol. The molecular formula is C18H27FN4O2. The predicted molar refractivity (Wildman–Crippen MR) is 95.8 cm³/mol. The number of benzene rings is 1. The molecule has 0 aromatic heterocycles. The van der Waals surface area contributed by atoms with Crippen LogP contribution < -0.4 is 5.32 Å². The number of nitrogens with zero attached hydrogens (tertiary/aromatic N) is 3. The Labute approximate surface area is 148 Å². The van der Waals surface area contributed by atoms with Crippen molar-refractivity contribution in [2.75, 3.05) is 57.7 Å². The number of anilines is 1. The molecule has 1 saturated heterocycles. The van der Waals surface area contributed by atoms with Crippen molar-refractivity contribution >= 4 is 17.5 Å². The maximum Gasteiger partial charge on any atom is 0.238 e. The molecule has 6 nitrogen and oxygen atoms in total. The molecule has 7 heteroatoms. The SMILES string of the molecule is CCN(CC)C(=O)CN1CCN(CC(=O)Nc2ccccc2F)CC1. The van der Waals surface area contributed by atoms with Gasteiger partial charge in [0, 0.05) is 39.3 Å². The Balaban J connectivity index is 1.74. The number of hydrogen-bond acceptors (Lipinski definition) is 4. The van der Waals surface area contributed by atoms with Crippen LogP contribution in [-0.4, -0.2) is 78.9 Å². The number of piperazine rings is 1. The maximum absolute atomic E-state index is 13.6. The minimum atomic E-state index is -0.435. The summed E-state index contributed by atoms with van der Waals surface area (Å²) in [4.78, 5) is 30.2. The third-order valence-electron chi connectivity index (χ3n) is 4.46. The zero-order valence-corrected chi connectivity index (χ0v) is 15.0. The minimum absolute atomic E-state index is 0.149. The summed E-state index contributed by atoms with van der Waals surface area (Å²) < 4.78 is 13.6. The van der Waals surface area contributed by atoms with Crippen LogP contribution in [-0.2, 0) is 9.59 Å². The Morgan fingerprint density at radius 3 is 2.16 bits per heavy atom. The summed E-state index contributed by atoms with van der Waals surface area (Å²) in [6, 6.07) is 6.14. The van der Waals surface area contributed by atoms with Crippen molar-refractivity contribution in [3.8, 4) is 0 Å². The van der Waals surface area contributed by atoms with Crippen LogP contribution in [0.1, 0.15) is 13.8 Å². The highest BCUT2D eigenvalue weighted by molar-refractivity contribution is 5.92. The lowest BCUT2D eigenvalue weighted by Crippen LogP contribution is -2.51. The minimum Gasteiger partial charge on any atom is -0.342 e. The van der Waals surface area contributed by atoms with E-state index in [1.165, 1.54) is 6.07 Å². The third-order valence-corrected chi connectivity index (χ3v) is 4.46. The zero-order chi connectivity index (χ0) is 18.2. The molecule has 0 bridgehead atoms. The Bertz CT molecular complexity index is 584. The van der Waals surface area contributed by atoms with Gasteiger partial charge in [-0.1, -0.05) is 12.1 Å². The van der Waals surface area contributed by atoms with Crippen molar-refractivity contribution in [2.45, 2.75) is 13.8 Å². The van der Waals surface area contributed by atoms with Crippen molar-refractivity contribution < 1.29 is 14.0 Å². The van der Waals surface area contributed by atoms with E-state index in [4.69, 9.17) is 0 Å².